The highest BCUT2D eigenvalue weighted by Crippen LogP contribution is 2.47. The lowest BCUT2D eigenvalue weighted by Gasteiger charge is -2.22. The highest BCUT2D eigenvalue weighted by atomic mass is 16.2. The molecule has 0 radical (unpaired) electrons. The van der Waals surface area contributed by atoms with E-state index in [0.29, 0.717) is 19.4 Å². The van der Waals surface area contributed by atoms with Gasteiger partial charge in [-0.15, -0.1) is 6.58 Å². The van der Waals surface area contributed by atoms with Gasteiger partial charge in [-0.1, -0.05) is 19.4 Å². The molecule has 0 aromatic heterocycles. The van der Waals surface area contributed by atoms with Crippen molar-refractivity contribution in [2.75, 3.05) is 20.1 Å². The van der Waals surface area contributed by atoms with E-state index < -0.39 is 5.41 Å². The minimum absolute atomic E-state index is 0.0347. The van der Waals surface area contributed by atoms with Gasteiger partial charge < -0.3 is 10.2 Å². The average molecular weight is 238 g/mol. The lowest BCUT2D eigenvalue weighted by atomic mass is 10.0. The SMILES string of the molecule is C=CCNC(=O)C1(C(=O)N(C)CCCC)CC1. The fourth-order valence-corrected chi connectivity index (χ4v) is 1.86. The summed E-state index contributed by atoms with van der Waals surface area (Å²) >= 11 is 0. The number of carbonyl (C=O) groups excluding carboxylic acids is 2. The van der Waals surface area contributed by atoms with Gasteiger partial charge in [-0.2, -0.15) is 0 Å². The van der Waals surface area contributed by atoms with Crippen LogP contribution in [0, 0.1) is 5.41 Å². The van der Waals surface area contributed by atoms with Gasteiger partial charge in [0.25, 0.3) is 0 Å². The minimum atomic E-state index is -0.772. The number of hydrogen-bond acceptors (Lipinski definition) is 2. The molecule has 0 spiro atoms. The topological polar surface area (TPSA) is 49.4 Å². The first-order chi connectivity index (χ1) is 8.08. The van der Waals surface area contributed by atoms with Crippen molar-refractivity contribution in [3.05, 3.63) is 12.7 Å². The van der Waals surface area contributed by atoms with Gasteiger partial charge in [-0.05, 0) is 19.3 Å². The first-order valence-electron chi connectivity index (χ1n) is 6.23. The van der Waals surface area contributed by atoms with E-state index in [0.717, 1.165) is 19.4 Å². The van der Waals surface area contributed by atoms with Crippen LogP contribution in [0.4, 0.5) is 0 Å². The maximum Gasteiger partial charge on any atom is 0.238 e. The van der Waals surface area contributed by atoms with Gasteiger partial charge >= 0.3 is 0 Å². The minimum Gasteiger partial charge on any atom is -0.352 e. The fraction of sp³-hybridized carbons (Fsp3) is 0.692. The third kappa shape index (κ3) is 3.08. The van der Waals surface area contributed by atoms with E-state index in [1.165, 1.54) is 0 Å². The number of rotatable bonds is 7. The highest BCUT2D eigenvalue weighted by molar-refractivity contribution is 6.07. The molecule has 1 aliphatic rings. The number of nitrogens with one attached hydrogen (secondary N) is 1. The molecule has 0 bridgehead atoms. The Hall–Kier alpha value is -1.32. The number of nitrogens with zero attached hydrogens (tertiary/aromatic N) is 1. The maximum atomic E-state index is 12.2. The van der Waals surface area contributed by atoms with Crippen LogP contribution in [0.1, 0.15) is 32.6 Å². The van der Waals surface area contributed by atoms with Crippen molar-refractivity contribution in [1.29, 1.82) is 0 Å². The van der Waals surface area contributed by atoms with Crippen LogP contribution in [-0.2, 0) is 9.59 Å². The van der Waals surface area contributed by atoms with E-state index in [9.17, 15) is 9.59 Å². The summed E-state index contributed by atoms with van der Waals surface area (Å²) in [6.45, 7) is 6.78. The predicted molar refractivity (Wildman–Crippen MR) is 67.4 cm³/mol. The van der Waals surface area contributed by atoms with Gasteiger partial charge in [-0.25, -0.2) is 0 Å². The van der Waals surface area contributed by atoms with Crippen molar-refractivity contribution < 1.29 is 9.59 Å². The molecule has 0 aromatic carbocycles. The summed E-state index contributed by atoms with van der Waals surface area (Å²) in [4.78, 5) is 25.8. The molecule has 4 heteroatoms. The second-order valence-electron chi connectivity index (χ2n) is 4.66. The molecule has 1 aliphatic carbocycles. The Kier molecular flexibility index (Phi) is 4.73. The Morgan fingerprint density at radius 2 is 2.12 bits per heavy atom. The van der Waals surface area contributed by atoms with Crippen LogP contribution in [0.15, 0.2) is 12.7 Å². The number of hydrogen-bond donors (Lipinski definition) is 1. The van der Waals surface area contributed by atoms with E-state index >= 15 is 0 Å². The largest absolute Gasteiger partial charge is 0.352 e. The molecule has 96 valence electrons. The maximum absolute atomic E-state index is 12.2. The molecular formula is C13H22N2O2. The van der Waals surface area contributed by atoms with Gasteiger partial charge in [0.1, 0.15) is 5.41 Å². The highest BCUT2D eigenvalue weighted by Gasteiger charge is 2.57. The second-order valence-corrected chi connectivity index (χ2v) is 4.66. The smallest absolute Gasteiger partial charge is 0.238 e. The molecule has 4 nitrogen and oxygen atoms in total. The van der Waals surface area contributed by atoms with Crippen molar-refractivity contribution in [3.8, 4) is 0 Å². The van der Waals surface area contributed by atoms with Crippen molar-refractivity contribution >= 4 is 11.8 Å². The molecule has 1 saturated carbocycles. The summed E-state index contributed by atoms with van der Waals surface area (Å²) in [5.41, 5.74) is -0.772. The van der Waals surface area contributed by atoms with E-state index in [1.54, 1.807) is 18.0 Å². The lowest BCUT2D eigenvalue weighted by Crippen LogP contribution is -2.44. The third-order valence-corrected chi connectivity index (χ3v) is 3.19. The first-order valence-corrected chi connectivity index (χ1v) is 6.23. The summed E-state index contributed by atoms with van der Waals surface area (Å²) in [5, 5.41) is 2.72. The van der Waals surface area contributed by atoms with Crippen molar-refractivity contribution in [3.63, 3.8) is 0 Å². The van der Waals surface area contributed by atoms with E-state index in [2.05, 4.69) is 18.8 Å². The summed E-state index contributed by atoms with van der Waals surface area (Å²) in [6, 6.07) is 0. The van der Waals surface area contributed by atoms with E-state index in [1.807, 2.05) is 0 Å². The molecule has 2 amide bonds. The predicted octanol–water partition coefficient (Wildman–Crippen LogP) is 1.33. The summed E-state index contributed by atoms with van der Waals surface area (Å²) in [7, 11) is 1.78. The van der Waals surface area contributed by atoms with E-state index in [4.69, 9.17) is 0 Å². The lowest BCUT2D eigenvalue weighted by molar-refractivity contribution is -0.143. The Bertz CT molecular complexity index is 309. The van der Waals surface area contributed by atoms with Gasteiger partial charge in [0.2, 0.25) is 11.8 Å². The van der Waals surface area contributed by atoms with Crippen LogP contribution in [0.25, 0.3) is 0 Å². The Labute approximate surface area is 103 Å². The second kappa shape index (κ2) is 5.84. The van der Waals surface area contributed by atoms with Gasteiger partial charge in [-0.3, -0.25) is 9.59 Å². The average Bonchev–Trinajstić information content (AvgIpc) is 3.13. The summed E-state index contributed by atoms with van der Waals surface area (Å²) < 4.78 is 0. The van der Waals surface area contributed by atoms with Crippen LogP contribution >= 0.6 is 0 Å². The van der Waals surface area contributed by atoms with Crippen LogP contribution in [0.5, 0.6) is 0 Å². The first kappa shape index (κ1) is 13.7. The normalized spacial score (nSPS) is 16.1. The van der Waals surface area contributed by atoms with Crippen LogP contribution in [-0.4, -0.2) is 36.9 Å². The Morgan fingerprint density at radius 1 is 1.47 bits per heavy atom. The number of amides is 2. The summed E-state index contributed by atoms with van der Waals surface area (Å²) in [6.07, 6.45) is 5.00. The standard InChI is InChI=1S/C13H22N2O2/c1-4-6-10-15(3)12(17)13(7-8-13)11(16)14-9-5-2/h5H,2,4,6-10H2,1,3H3,(H,14,16). The van der Waals surface area contributed by atoms with E-state index in [-0.39, 0.29) is 11.8 Å². The van der Waals surface area contributed by atoms with Gasteiger partial charge in [0, 0.05) is 20.1 Å². The number of carbonyl (C=O) groups is 2. The molecular weight excluding hydrogens is 216 g/mol. The molecule has 17 heavy (non-hydrogen) atoms. The molecule has 0 saturated heterocycles. The quantitative estimate of drug-likeness (QED) is 0.537. The Balaban J connectivity index is 2.55. The molecule has 1 rings (SSSR count). The molecule has 0 atom stereocenters. The molecule has 1 N–H and O–H groups in total. The fourth-order valence-electron chi connectivity index (χ4n) is 1.86. The van der Waals surface area contributed by atoms with Crippen LogP contribution in [0.3, 0.4) is 0 Å². The monoisotopic (exact) mass is 238 g/mol. The van der Waals surface area contributed by atoms with Gasteiger partial charge in [0.15, 0.2) is 0 Å². The zero-order valence-corrected chi connectivity index (χ0v) is 10.8. The van der Waals surface area contributed by atoms with Crippen molar-refractivity contribution in [1.82, 2.24) is 10.2 Å². The molecule has 0 unspecified atom stereocenters. The Morgan fingerprint density at radius 3 is 2.59 bits per heavy atom. The third-order valence-electron chi connectivity index (χ3n) is 3.19. The van der Waals surface area contributed by atoms with Crippen molar-refractivity contribution in [2.24, 2.45) is 5.41 Å². The van der Waals surface area contributed by atoms with Crippen LogP contribution in [0.2, 0.25) is 0 Å². The summed E-state index contributed by atoms with van der Waals surface area (Å²) in [5.74, 6) is -0.182. The zero-order valence-electron chi connectivity index (χ0n) is 10.8. The van der Waals surface area contributed by atoms with Gasteiger partial charge in [0.05, 0.1) is 0 Å². The molecule has 1 fully saturated rings. The number of unbranched alkanes of at least 4 members (excludes halogenated alkanes) is 1. The van der Waals surface area contributed by atoms with Crippen LogP contribution < -0.4 is 5.32 Å². The zero-order chi connectivity index (χ0) is 12.9. The van der Waals surface area contributed by atoms with Crippen molar-refractivity contribution in [2.45, 2.75) is 32.6 Å². The molecule has 0 heterocycles. The molecule has 0 aliphatic heterocycles. The molecule has 0 aromatic rings.